The van der Waals surface area contributed by atoms with E-state index in [0.717, 1.165) is 12.8 Å². The van der Waals surface area contributed by atoms with Crippen LogP contribution in [0.15, 0.2) is 97.1 Å². The van der Waals surface area contributed by atoms with Gasteiger partial charge in [-0.25, -0.2) is 0 Å². The summed E-state index contributed by atoms with van der Waals surface area (Å²) in [6.45, 7) is 24.3. The average Bonchev–Trinajstić information content (AvgIpc) is 3.64. The summed E-state index contributed by atoms with van der Waals surface area (Å²) in [6, 6.07) is 36.7. The van der Waals surface area contributed by atoms with Gasteiger partial charge in [0.15, 0.2) is 0 Å². The molecule has 0 saturated heterocycles. The van der Waals surface area contributed by atoms with Gasteiger partial charge < -0.3 is 0 Å². The van der Waals surface area contributed by atoms with Gasteiger partial charge in [-0.3, -0.25) is 0 Å². The van der Waals surface area contributed by atoms with Gasteiger partial charge in [-0.2, -0.15) is 25.3 Å². The number of hydrogen-bond acceptors (Lipinski definition) is 0. The molecule has 0 heterocycles. The molecular formula is C48H57Cl2F3SiZr. The summed E-state index contributed by atoms with van der Waals surface area (Å²) in [7, 11) is 10.3. The van der Waals surface area contributed by atoms with Gasteiger partial charge in [0.1, 0.15) is 0 Å². The van der Waals surface area contributed by atoms with Gasteiger partial charge in [0.25, 0.3) is 0 Å². The molecule has 0 aliphatic carbocycles. The first-order chi connectivity index (χ1) is 25.6. The van der Waals surface area contributed by atoms with E-state index in [1.54, 1.807) is 6.55 Å². The fraction of sp³-hybridized carbons (Fsp3) is 0.375. The molecule has 0 aliphatic rings. The Hall–Kier alpha value is -2.43. The van der Waals surface area contributed by atoms with Gasteiger partial charge in [-0.1, -0.05) is 136 Å². The van der Waals surface area contributed by atoms with E-state index in [-0.39, 0.29) is 6.04 Å². The van der Waals surface area contributed by atoms with Crippen LogP contribution in [0, 0.1) is 38.5 Å². The number of rotatable bonds is 6. The molecule has 0 atom stereocenters. The summed E-state index contributed by atoms with van der Waals surface area (Å²) < 4.78 is 33.7. The summed E-state index contributed by atoms with van der Waals surface area (Å²) in [5.74, 6) is 0. The predicted octanol–water partition coefficient (Wildman–Crippen LogP) is 16.3. The molecule has 0 saturated carbocycles. The predicted molar refractivity (Wildman–Crippen MR) is 234 cm³/mol. The van der Waals surface area contributed by atoms with Crippen LogP contribution in [0.4, 0.5) is 13.2 Å². The van der Waals surface area contributed by atoms with Gasteiger partial charge in [0, 0.05) is 15.9 Å². The third-order valence-electron chi connectivity index (χ3n) is 8.81. The molecule has 0 bridgehead atoms. The number of hydrogen-bond donors (Lipinski definition) is 0. The SMILES string of the molecule is C[Si]CCC(F)(F)F.Cc1cc(C)cc(-c2cccc3[cH-]c(CC(C)(C)C)cc23)c1.Cc1cc(C)cc(-c2cccc3[cH-]c(CC(C)(C)C)cc23)c1.[Cl][Zr+2][Cl]. The molecule has 7 heteroatoms. The molecular weight excluding hydrogens is 824 g/mol. The van der Waals surface area contributed by atoms with Crippen molar-refractivity contribution in [1.82, 2.24) is 0 Å². The Balaban J connectivity index is 0.000000234. The van der Waals surface area contributed by atoms with Crippen LogP contribution in [-0.4, -0.2) is 15.7 Å². The van der Waals surface area contributed by atoms with E-state index in [4.69, 9.17) is 17.0 Å². The number of aryl methyl sites for hydroxylation is 4. The van der Waals surface area contributed by atoms with Crippen LogP contribution in [0.1, 0.15) is 81.3 Å². The second-order valence-corrected chi connectivity index (χ2v) is 22.1. The summed E-state index contributed by atoms with van der Waals surface area (Å²) in [5, 5.41) is 5.48. The number of fused-ring (bicyclic) bond motifs is 2. The molecule has 0 N–H and O–H groups in total. The Morgan fingerprint density at radius 2 is 0.927 bits per heavy atom. The standard InChI is InChI=1S/2C22H25.C4H7F3Si.2ClH.Zr/c2*1-15-9-16(2)11-19(10-15)20-8-6-7-18-12-17(13-21(18)20)14-22(3,4)5;1-8-3-2-4(5,6)7;;;/h2*6-13H,14H2,1-5H3;2-3H2,1H3;2*1H;/q2*-1;;;;+4/p-2. The summed E-state index contributed by atoms with van der Waals surface area (Å²) in [4.78, 5) is 0. The molecule has 55 heavy (non-hydrogen) atoms. The van der Waals surface area contributed by atoms with E-state index in [1.165, 1.54) is 77.2 Å². The molecule has 0 unspecified atom stereocenters. The quantitative estimate of drug-likeness (QED) is 0.115. The molecule has 0 spiro atoms. The first-order valence-corrected chi connectivity index (χ1v) is 26.9. The summed E-state index contributed by atoms with van der Waals surface area (Å²) >= 11 is -0.826. The monoisotopic (exact) mass is 878 g/mol. The van der Waals surface area contributed by atoms with Crippen molar-refractivity contribution in [3.05, 3.63) is 130 Å². The topological polar surface area (TPSA) is 0 Å². The van der Waals surface area contributed by atoms with Crippen LogP contribution in [-0.2, 0) is 33.7 Å². The summed E-state index contributed by atoms with van der Waals surface area (Å²) in [5.41, 5.74) is 14.2. The molecule has 0 nitrogen and oxygen atoms in total. The Morgan fingerprint density at radius 3 is 1.20 bits per heavy atom. The van der Waals surface area contributed by atoms with Crippen molar-refractivity contribution in [2.45, 2.75) is 107 Å². The van der Waals surface area contributed by atoms with Crippen LogP contribution in [0.5, 0.6) is 0 Å². The minimum absolute atomic E-state index is 0.281. The molecule has 0 fully saturated rings. The third-order valence-corrected chi connectivity index (χ3v) is 9.56. The fourth-order valence-corrected chi connectivity index (χ4v) is 7.59. The number of alkyl halides is 3. The van der Waals surface area contributed by atoms with Crippen molar-refractivity contribution in [2.24, 2.45) is 10.8 Å². The maximum absolute atomic E-state index is 11.2. The van der Waals surface area contributed by atoms with E-state index < -0.39 is 33.4 Å². The Morgan fingerprint density at radius 1 is 0.582 bits per heavy atom. The fourth-order valence-electron chi connectivity index (χ4n) is 7.05. The van der Waals surface area contributed by atoms with Crippen molar-refractivity contribution in [1.29, 1.82) is 0 Å². The molecule has 2 radical (unpaired) electrons. The Labute approximate surface area is 350 Å². The Bertz CT molecular complexity index is 1930. The zero-order valence-corrected chi connectivity index (χ0v) is 39.4. The van der Waals surface area contributed by atoms with Gasteiger partial charge in [0.05, 0.1) is 0 Å². The van der Waals surface area contributed by atoms with E-state index >= 15 is 0 Å². The molecule has 0 aromatic heterocycles. The van der Waals surface area contributed by atoms with Gasteiger partial charge >= 0.3 is 44.1 Å². The molecule has 6 aromatic carbocycles. The molecule has 292 valence electrons. The number of halogens is 5. The van der Waals surface area contributed by atoms with Gasteiger partial charge in [-0.15, -0.1) is 69.1 Å². The molecule has 6 rings (SSSR count). The third kappa shape index (κ3) is 16.2. The maximum atomic E-state index is 11.2. The van der Waals surface area contributed by atoms with Gasteiger partial charge in [0.2, 0.25) is 0 Å². The van der Waals surface area contributed by atoms with Crippen molar-refractivity contribution < 1.29 is 34.0 Å². The van der Waals surface area contributed by atoms with Crippen molar-refractivity contribution in [2.75, 3.05) is 0 Å². The second-order valence-electron chi connectivity index (χ2n) is 17.1. The number of benzene rings is 4. The van der Waals surface area contributed by atoms with Crippen molar-refractivity contribution in [3.63, 3.8) is 0 Å². The van der Waals surface area contributed by atoms with Crippen LogP contribution in [0.3, 0.4) is 0 Å². The minimum atomic E-state index is -3.94. The van der Waals surface area contributed by atoms with Crippen LogP contribution in [0.25, 0.3) is 43.8 Å². The summed E-state index contributed by atoms with van der Waals surface area (Å²) in [6.07, 6.45) is -2.33. The normalized spacial score (nSPS) is 11.6. The van der Waals surface area contributed by atoms with E-state index in [9.17, 15) is 13.2 Å². The van der Waals surface area contributed by atoms with E-state index in [0.29, 0.717) is 20.3 Å². The zero-order valence-electron chi connectivity index (χ0n) is 34.5. The Kier molecular flexibility index (Phi) is 17.8. The van der Waals surface area contributed by atoms with Crippen LogP contribution < -0.4 is 0 Å². The molecule has 0 aliphatic heterocycles. The zero-order chi connectivity index (χ0) is 41.1. The average molecular weight is 881 g/mol. The first-order valence-electron chi connectivity index (χ1n) is 18.8. The van der Waals surface area contributed by atoms with Gasteiger partial charge in [-0.05, 0) is 62.5 Å². The molecule has 0 amide bonds. The van der Waals surface area contributed by atoms with Crippen LogP contribution >= 0.6 is 17.0 Å². The second kappa shape index (κ2) is 20.8. The molecule has 6 aromatic rings. The van der Waals surface area contributed by atoms with Crippen LogP contribution in [0.2, 0.25) is 12.6 Å². The van der Waals surface area contributed by atoms with Crippen molar-refractivity contribution in [3.8, 4) is 22.3 Å². The first kappa shape index (κ1) is 46.9. The van der Waals surface area contributed by atoms with E-state index in [2.05, 4.69) is 166 Å². The van der Waals surface area contributed by atoms with E-state index in [1.807, 2.05) is 0 Å². The van der Waals surface area contributed by atoms with Crippen molar-refractivity contribution >= 4 is 48.1 Å².